The summed E-state index contributed by atoms with van der Waals surface area (Å²) in [5.41, 5.74) is 0.268. The van der Waals surface area contributed by atoms with Gasteiger partial charge in [0, 0.05) is 12.0 Å². The smallest absolute Gasteiger partial charge is 0.340 e. The summed E-state index contributed by atoms with van der Waals surface area (Å²) >= 11 is 0. The maximum atomic E-state index is 11.4. The lowest BCUT2D eigenvalue weighted by Crippen LogP contribution is -2.12. The topological polar surface area (TPSA) is 43.4 Å². The molecule has 0 aliphatic carbocycles. The van der Waals surface area contributed by atoms with Gasteiger partial charge in [0.25, 0.3) is 0 Å². The summed E-state index contributed by atoms with van der Waals surface area (Å²) in [4.78, 5) is 22.6. The Hall–Kier alpha value is -1.12. The molecular weight excluding hydrogens is 336 g/mol. The number of unbranched alkanes of at least 4 members (excludes halogenated alkanes) is 12. The van der Waals surface area contributed by atoms with E-state index >= 15 is 0 Å². The molecule has 1 unspecified atom stereocenters. The highest BCUT2D eigenvalue weighted by Gasteiger charge is 2.10. The largest absolute Gasteiger partial charge is 0.390 e. The maximum Gasteiger partial charge on any atom is 0.340 e. The molecule has 0 saturated carbocycles. The molecule has 1 atom stereocenters. The summed E-state index contributed by atoms with van der Waals surface area (Å²) in [5.74, 6) is -0.126. The molecule has 0 aliphatic rings. The third-order valence-corrected chi connectivity index (χ3v) is 5.33. The first kappa shape index (κ1) is 25.9. The summed E-state index contributed by atoms with van der Waals surface area (Å²) in [7, 11) is 0. The molecule has 0 aliphatic heterocycles. The molecule has 27 heavy (non-hydrogen) atoms. The number of rotatable bonds is 18. The van der Waals surface area contributed by atoms with E-state index in [-0.39, 0.29) is 5.57 Å². The van der Waals surface area contributed by atoms with Gasteiger partial charge in [0.2, 0.25) is 0 Å². The Morgan fingerprint density at radius 2 is 1.19 bits per heavy atom. The van der Waals surface area contributed by atoms with Crippen LogP contribution < -0.4 is 0 Å². The first-order valence-electron chi connectivity index (χ1n) is 11.4. The molecule has 0 aromatic carbocycles. The molecule has 0 heterocycles. The summed E-state index contributed by atoms with van der Waals surface area (Å²) in [6, 6.07) is 0. The van der Waals surface area contributed by atoms with Crippen LogP contribution in [0.1, 0.15) is 124 Å². The monoisotopic (exact) mass is 380 g/mol. The van der Waals surface area contributed by atoms with E-state index in [0.717, 1.165) is 25.2 Å². The molecule has 0 aromatic rings. The molecule has 0 rings (SSSR count). The second-order valence-electron chi connectivity index (χ2n) is 8.19. The van der Waals surface area contributed by atoms with E-state index in [4.69, 9.17) is 0 Å². The lowest BCUT2D eigenvalue weighted by atomic mass is 9.99. The fourth-order valence-electron chi connectivity index (χ4n) is 3.15. The first-order valence-corrected chi connectivity index (χ1v) is 11.4. The zero-order valence-corrected chi connectivity index (χ0v) is 18.3. The van der Waals surface area contributed by atoms with Gasteiger partial charge in [-0.25, -0.2) is 4.79 Å². The van der Waals surface area contributed by atoms with Gasteiger partial charge in [-0.3, -0.25) is 4.79 Å². The average molecular weight is 381 g/mol. The number of esters is 2. The molecule has 0 N–H and O–H groups in total. The molecule has 0 aromatic heterocycles. The minimum absolute atomic E-state index is 0.268. The van der Waals surface area contributed by atoms with Crippen LogP contribution in [0.25, 0.3) is 0 Å². The van der Waals surface area contributed by atoms with Crippen molar-refractivity contribution in [2.24, 2.45) is 5.92 Å². The van der Waals surface area contributed by atoms with Crippen LogP contribution in [0.2, 0.25) is 0 Å². The first-order chi connectivity index (χ1) is 13.0. The predicted octanol–water partition coefficient (Wildman–Crippen LogP) is 7.53. The van der Waals surface area contributed by atoms with Crippen LogP contribution in [0.3, 0.4) is 0 Å². The third kappa shape index (κ3) is 18.0. The fourth-order valence-corrected chi connectivity index (χ4v) is 3.15. The number of hydrogen-bond acceptors (Lipinski definition) is 3. The highest BCUT2D eigenvalue weighted by molar-refractivity contribution is 5.95. The maximum absolute atomic E-state index is 11.4. The van der Waals surface area contributed by atoms with Gasteiger partial charge in [-0.2, -0.15) is 0 Å². The van der Waals surface area contributed by atoms with Crippen LogP contribution >= 0.6 is 0 Å². The van der Waals surface area contributed by atoms with Gasteiger partial charge in [-0.05, 0) is 19.3 Å². The van der Waals surface area contributed by atoms with Gasteiger partial charge in [0.15, 0.2) is 0 Å². The molecule has 3 nitrogen and oxygen atoms in total. The summed E-state index contributed by atoms with van der Waals surface area (Å²) in [6.45, 7) is 9.66. The molecule has 0 fully saturated rings. The highest BCUT2D eigenvalue weighted by atomic mass is 16.6. The molecule has 0 saturated heterocycles. The van der Waals surface area contributed by atoms with Crippen LogP contribution in [0.4, 0.5) is 0 Å². The van der Waals surface area contributed by atoms with Gasteiger partial charge in [0.05, 0.1) is 0 Å². The van der Waals surface area contributed by atoms with E-state index in [2.05, 4.69) is 25.2 Å². The van der Waals surface area contributed by atoms with Gasteiger partial charge < -0.3 is 4.74 Å². The number of hydrogen-bond donors (Lipinski definition) is 0. The van der Waals surface area contributed by atoms with E-state index in [9.17, 15) is 9.59 Å². The molecule has 0 radical (unpaired) electrons. The van der Waals surface area contributed by atoms with Crippen molar-refractivity contribution in [3.05, 3.63) is 12.2 Å². The zero-order valence-electron chi connectivity index (χ0n) is 18.3. The summed E-state index contributed by atoms with van der Waals surface area (Å²) in [5, 5.41) is 0. The number of carbonyl (C=O) groups is 2. The van der Waals surface area contributed by atoms with Crippen LogP contribution in [0, 0.1) is 5.92 Å². The standard InChI is InChI=1S/C24H44O3/c1-5-22(4)19-17-15-13-11-9-7-6-8-10-12-14-16-18-20-23(25)27-24(26)21(2)3/h22H,2,5-20H2,1,3-4H3. The molecule has 0 bridgehead atoms. The lowest BCUT2D eigenvalue weighted by Gasteiger charge is -2.07. The highest BCUT2D eigenvalue weighted by Crippen LogP contribution is 2.16. The zero-order chi connectivity index (χ0) is 20.3. The Labute approximate surface area is 168 Å². The van der Waals surface area contributed by atoms with Crippen LogP contribution in [0.15, 0.2) is 12.2 Å². The van der Waals surface area contributed by atoms with Gasteiger partial charge in [0.1, 0.15) is 0 Å². The molecule has 0 spiro atoms. The fraction of sp³-hybridized carbons (Fsp3) is 0.833. The van der Waals surface area contributed by atoms with E-state index in [1.54, 1.807) is 6.92 Å². The van der Waals surface area contributed by atoms with Crippen molar-refractivity contribution in [1.82, 2.24) is 0 Å². The Balaban J connectivity index is 3.22. The second kappa shape index (κ2) is 18.3. The van der Waals surface area contributed by atoms with Crippen LogP contribution in [0.5, 0.6) is 0 Å². The van der Waals surface area contributed by atoms with E-state index < -0.39 is 11.9 Å². The van der Waals surface area contributed by atoms with Crippen molar-refractivity contribution in [3.8, 4) is 0 Å². The van der Waals surface area contributed by atoms with Gasteiger partial charge in [-0.15, -0.1) is 0 Å². The Morgan fingerprint density at radius 3 is 1.59 bits per heavy atom. The van der Waals surface area contributed by atoms with E-state index in [1.165, 1.54) is 77.0 Å². The summed E-state index contributed by atoms with van der Waals surface area (Å²) in [6.07, 6.45) is 19.7. The van der Waals surface area contributed by atoms with Crippen LogP contribution in [-0.2, 0) is 14.3 Å². The number of ether oxygens (including phenoxy) is 1. The second-order valence-corrected chi connectivity index (χ2v) is 8.19. The van der Waals surface area contributed by atoms with Crippen molar-refractivity contribution in [3.63, 3.8) is 0 Å². The number of carbonyl (C=O) groups excluding carboxylic acids is 2. The molecule has 0 amide bonds. The lowest BCUT2D eigenvalue weighted by molar-refractivity contribution is -0.156. The van der Waals surface area contributed by atoms with Gasteiger partial charge >= 0.3 is 11.9 Å². The molecule has 3 heteroatoms. The quantitative estimate of drug-likeness (QED) is 0.107. The van der Waals surface area contributed by atoms with E-state index in [1.807, 2.05) is 0 Å². The van der Waals surface area contributed by atoms with Crippen LogP contribution in [-0.4, -0.2) is 11.9 Å². The average Bonchev–Trinajstić information content (AvgIpc) is 2.64. The Bertz CT molecular complexity index is 400. The minimum atomic E-state index is -0.605. The molecular formula is C24H44O3. The van der Waals surface area contributed by atoms with Gasteiger partial charge in [-0.1, -0.05) is 110 Å². The SMILES string of the molecule is C=C(C)C(=O)OC(=O)CCCCCCCCCCCCCCCC(C)CC. The Morgan fingerprint density at radius 1 is 0.778 bits per heavy atom. The van der Waals surface area contributed by atoms with Crippen molar-refractivity contribution >= 4 is 11.9 Å². The van der Waals surface area contributed by atoms with E-state index in [0.29, 0.717) is 6.42 Å². The normalized spacial score (nSPS) is 12.0. The van der Waals surface area contributed by atoms with Crippen molar-refractivity contribution in [2.45, 2.75) is 124 Å². The molecule has 158 valence electrons. The third-order valence-electron chi connectivity index (χ3n) is 5.33. The Kier molecular flexibility index (Phi) is 17.5. The summed E-state index contributed by atoms with van der Waals surface area (Å²) < 4.78 is 4.66. The van der Waals surface area contributed by atoms with Crippen molar-refractivity contribution in [2.75, 3.05) is 0 Å². The minimum Gasteiger partial charge on any atom is -0.390 e. The predicted molar refractivity (Wildman–Crippen MR) is 115 cm³/mol. The van der Waals surface area contributed by atoms with Crippen molar-refractivity contribution < 1.29 is 14.3 Å². The van der Waals surface area contributed by atoms with Crippen molar-refractivity contribution in [1.29, 1.82) is 0 Å².